The first-order valence-electron chi connectivity index (χ1n) is 5.12. The number of rotatable bonds is 4. The molecule has 0 fully saturated rings. The molecule has 0 unspecified atom stereocenters. The molecule has 0 aliphatic rings. The van der Waals surface area contributed by atoms with Crippen molar-refractivity contribution in [1.82, 2.24) is 10.2 Å². The quantitative estimate of drug-likeness (QED) is 0.843. The van der Waals surface area contributed by atoms with E-state index in [-0.39, 0.29) is 6.61 Å². The number of nitrogens with zero attached hydrogens (tertiary/aromatic N) is 1. The molecule has 1 aromatic carbocycles. The Bertz CT molecular complexity index is 534. The number of hydrogen-bond donors (Lipinski definition) is 2. The molecule has 0 radical (unpaired) electrons. The van der Waals surface area contributed by atoms with Crippen LogP contribution in [-0.4, -0.2) is 27.9 Å². The Balaban J connectivity index is 2.23. The highest BCUT2D eigenvalue weighted by molar-refractivity contribution is 5.69. The summed E-state index contributed by atoms with van der Waals surface area (Å²) in [7, 11) is 0. The van der Waals surface area contributed by atoms with Crippen LogP contribution in [0.5, 0.6) is 5.75 Å². The van der Waals surface area contributed by atoms with Crippen LogP contribution in [0.1, 0.15) is 5.69 Å². The first-order chi connectivity index (χ1) is 8.16. The van der Waals surface area contributed by atoms with Gasteiger partial charge in [-0.15, -0.1) is 0 Å². The normalized spacial score (nSPS) is 10.2. The average molecular weight is 232 g/mol. The van der Waals surface area contributed by atoms with Crippen molar-refractivity contribution < 1.29 is 14.6 Å². The largest absolute Gasteiger partial charge is 0.482 e. The van der Waals surface area contributed by atoms with Crippen LogP contribution in [-0.2, 0) is 4.79 Å². The standard InChI is InChI=1S/C12H12N2O3/c1-8-11(6-13-14-8)9-3-2-4-10(5-9)17-7-12(15)16/h2-6H,7H2,1H3,(H,13,14)(H,15,16). The number of H-pyrrole nitrogens is 1. The summed E-state index contributed by atoms with van der Waals surface area (Å²) in [6.07, 6.45) is 1.73. The number of carboxylic acid groups (broad SMARTS) is 1. The summed E-state index contributed by atoms with van der Waals surface area (Å²) in [5.74, 6) is -0.458. The third-order valence-corrected chi connectivity index (χ3v) is 2.34. The first kappa shape index (κ1) is 11.2. The van der Waals surface area contributed by atoms with Gasteiger partial charge in [0.25, 0.3) is 0 Å². The van der Waals surface area contributed by atoms with Crippen LogP contribution in [0.25, 0.3) is 11.1 Å². The van der Waals surface area contributed by atoms with Gasteiger partial charge in [0.15, 0.2) is 6.61 Å². The molecule has 0 saturated heterocycles. The first-order valence-corrected chi connectivity index (χ1v) is 5.12. The maximum absolute atomic E-state index is 10.4. The molecule has 88 valence electrons. The lowest BCUT2D eigenvalue weighted by molar-refractivity contribution is -0.139. The summed E-state index contributed by atoms with van der Waals surface area (Å²) in [4.78, 5) is 10.4. The lowest BCUT2D eigenvalue weighted by Crippen LogP contribution is -2.09. The van der Waals surface area contributed by atoms with E-state index in [0.717, 1.165) is 16.8 Å². The van der Waals surface area contributed by atoms with E-state index in [1.54, 1.807) is 18.3 Å². The van der Waals surface area contributed by atoms with E-state index < -0.39 is 5.97 Å². The van der Waals surface area contributed by atoms with Gasteiger partial charge in [-0.25, -0.2) is 4.79 Å². The highest BCUT2D eigenvalue weighted by Gasteiger charge is 2.05. The number of carboxylic acids is 1. The molecule has 1 heterocycles. The molecule has 0 atom stereocenters. The number of aromatic nitrogens is 2. The minimum atomic E-state index is -0.991. The van der Waals surface area contributed by atoms with Gasteiger partial charge in [-0.2, -0.15) is 5.10 Å². The van der Waals surface area contributed by atoms with Crippen LogP contribution in [0.2, 0.25) is 0 Å². The monoisotopic (exact) mass is 232 g/mol. The molecule has 0 saturated carbocycles. The van der Waals surface area contributed by atoms with E-state index in [0.29, 0.717) is 5.75 Å². The molecular weight excluding hydrogens is 220 g/mol. The van der Waals surface area contributed by atoms with Gasteiger partial charge in [0.2, 0.25) is 0 Å². The molecule has 0 aliphatic carbocycles. The van der Waals surface area contributed by atoms with Crippen molar-refractivity contribution in [3.05, 3.63) is 36.2 Å². The Hall–Kier alpha value is -2.30. The van der Waals surface area contributed by atoms with Crippen molar-refractivity contribution in [1.29, 1.82) is 0 Å². The zero-order valence-electron chi connectivity index (χ0n) is 9.30. The molecule has 5 nitrogen and oxygen atoms in total. The number of ether oxygens (including phenoxy) is 1. The topological polar surface area (TPSA) is 75.2 Å². The average Bonchev–Trinajstić information content (AvgIpc) is 2.73. The third kappa shape index (κ3) is 2.63. The van der Waals surface area contributed by atoms with Crippen molar-refractivity contribution in [3.8, 4) is 16.9 Å². The smallest absolute Gasteiger partial charge is 0.341 e. The van der Waals surface area contributed by atoms with Crippen molar-refractivity contribution >= 4 is 5.97 Å². The highest BCUT2D eigenvalue weighted by atomic mass is 16.5. The van der Waals surface area contributed by atoms with E-state index >= 15 is 0 Å². The maximum Gasteiger partial charge on any atom is 0.341 e. The number of hydrogen-bond acceptors (Lipinski definition) is 3. The second-order valence-corrected chi connectivity index (χ2v) is 3.62. The van der Waals surface area contributed by atoms with Gasteiger partial charge in [0, 0.05) is 11.3 Å². The van der Waals surface area contributed by atoms with Gasteiger partial charge >= 0.3 is 5.97 Å². The van der Waals surface area contributed by atoms with Crippen LogP contribution in [0.4, 0.5) is 0 Å². The van der Waals surface area contributed by atoms with Crippen LogP contribution in [0.3, 0.4) is 0 Å². The Labute approximate surface area is 98.0 Å². The maximum atomic E-state index is 10.4. The third-order valence-electron chi connectivity index (χ3n) is 2.34. The Morgan fingerprint density at radius 3 is 3.00 bits per heavy atom. The molecule has 2 rings (SSSR count). The minimum Gasteiger partial charge on any atom is -0.482 e. The van der Waals surface area contributed by atoms with Gasteiger partial charge in [-0.3, -0.25) is 5.10 Å². The van der Waals surface area contributed by atoms with Gasteiger partial charge in [0.1, 0.15) is 5.75 Å². The Morgan fingerprint density at radius 2 is 2.35 bits per heavy atom. The minimum absolute atomic E-state index is 0.339. The van der Waals surface area contributed by atoms with Gasteiger partial charge in [-0.05, 0) is 24.6 Å². The molecular formula is C12H12N2O3. The van der Waals surface area contributed by atoms with Gasteiger partial charge in [0.05, 0.1) is 6.20 Å². The number of aromatic amines is 1. The lowest BCUT2D eigenvalue weighted by Gasteiger charge is -2.05. The summed E-state index contributed by atoms with van der Waals surface area (Å²) in [5, 5.41) is 15.3. The predicted molar refractivity (Wildman–Crippen MR) is 61.9 cm³/mol. The van der Waals surface area contributed by atoms with E-state index in [9.17, 15) is 4.79 Å². The van der Waals surface area contributed by atoms with Crippen LogP contribution in [0, 0.1) is 6.92 Å². The fourth-order valence-electron chi connectivity index (χ4n) is 1.54. The molecule has 5 heteroatoms. The zero-order chi connectivity index (χ0) is 12.3. The summed E-state index contributed by atoms with van der Waals surface area (Å²) >= 11 is 0. The van der Waals surface area contributed by atoms with Crippen LogP contribution in [0.15, 0.2) is 30.5 Å². The molecule has 0 amide bonds. The van der Waals surface area contributed by atoms with Crippen molar-refractivity contribution in [2.45, 2.75) is 6.92 Å². The van der Waals surface area contributed by atoms with Crippen molar-refractivity contribution in [2.75, 3.05) is 6.61 Å². The SMILES string of the molecule is Cc1[nH]ncc1-c1cccc(OCC(=O)O)c1. The molecule has 0 bridgehead atoms. The number of aliphatic carboxylic acids is 1. The van der Waals surface area contributed by atoms with Gasteiger partial charge in [-0.1, -0.05) is 12.1 Å². The van der Waals surface area contributed by atoms with E-state index in [4.69, 9.17) is 9.84 Å². The molecule has 2 N–H and O–H groups in total. The Kier molecular flexibility index (Phi) is 3.09. The van der Waals surface area contributed by atoms with Crippen molar-refractivity contribution in [3.63, 3.8) is 0 Å². The number of aryl methyl sites for hydroxylation is 1. The van der Waals surface area contributed by atoms with E-state index in [2.05, 4.69) is 10.2 Å². The van der Waals surface area contributed by atoms with Crippen LogP contribution < -0.4 is 4.74 Å². The Morgan fingerprint density at radius 1 is 1.53 bits per heavy atom. The number of carbonyl (C=O) groups is 1. The summed E-state index contributed by atoms with van der Waals surface area (Å²) in [5.41, 5.74) is 2.88. The summed E-state index contributed by atoms with van der Waals surface area (Å²) in [6.45, 7) is 1.58. The molecule has 17 heavy (non-hydrogen) atoms. The van der Waals surface area contributed by atoms with Crippen LogP contribution >= 0.6 is 0 Å². The second-order valence-electron chi connectivity index (χ2n) is 3.62. The van der Waals surface area contributed by atoms with Gasteiger partial charge < -0.3 is 9.84 Å². The molecule has 0 spiro atoms. The number of nitrogens with one attached hydrogen (secondary N) is 1. The fraction of sp³-hybridized carbons (Fsp3) is 0.167. The lowest BCUT2D eigenvalue weighted by atomic mass is 10.1. The van der Waals surface area contributed by atoms with E-state index in [1.807, 2.05) is 19.1 Å². The fourth-order valence-corrected chi connectivity index (χ4v) is 1.54. The second kappa shape index (κ2) is 4.69. The highest BCUT2D eigenvalue weighted by Crippen LogP contribution is 2.25. The zero-order valence-corrected chi connectivity index (χ0v) is 9.30. The molecule has 0 aliphatic heterocycles. The number of benzene rings is 1. The molecule has 1 aromatic heterocycles. The summed E-state index contributed by atoms with van der Waals surface area (Å²) in [6, 6.07) is 7.26. The van der Waals surface area contributed by atoms with E-state index in [1.165, 1.54) is 0 Å². The van der Waals surface area contributed by atoms with Crippen molar-refractivity contribution in [2.24, 2.45) is 0 Å². The molecule has 2 aromatic rings. The summed E-state index contributed by atoms with van der Waals surface area (Å²) < 4.78 is 5.12. The predicted octanol–water partition coefficient (Wildman–Crippen LogP) is 1.85.